The number of rotatable bonds is 8. The van der Waals surface area contributed by atoms with Gasteiger partial charge in [0.15, 0.2) is 0 Å². The number of carbonyl (C=O) groups is 1. The minimum absolute atomic E-state index is 0.0714. The number of nitrogens with zero attached hydrogens (tertiary/aromatic N) is 5. The molecule has 33 heavy (non-hydrogen) atoms. The van der Waals surface area contributed by atoms with E-state index in [0.717, 1.165) is 6.07 Å². The van der Waals surface area contributed by atoms with Gasteiger partial charge in [0.05, 0.1) is 29.0 Å². The molecule has 0 bridgehead atoms. The molecular weight excluding hydrogens is 500 g/mol. The van der Waals surface area contributed by atoms with Gasteiger partial charge in [-0.15, -0.1) is 5.10 Å². The van der Waals surface area contributed by atoms with Crippen LogP contribution in [0.4, 0.5) is 19.5 Å². The van der Waals surface area contributed by atoms with Crippen molar-refractivity contribution < 1.29 is 18.3 Å². The summed E-state index contributed by atoms with van der Waals surface area (Å²) in [5.41, 5.74) is 0.0416. The summed E-state index contributed by atoms with van der Waals surface area (Å²) < 4.78 is 35.0. The third-order valence-corrected chi connectivity index (χ3v) is 4.86. The second-order valence-electron chi connectivity index (χ2n) is 8.20. The average molecular weight is 524 g/mol. The number of benzene rings is 1. The number of nitrogens with one attached hydrogen (secondary N) is 2. The zero-order valence-corrected chi connectivity index (χ0v) is 19.9. The number of hydrogen-bond donors (Lipinski definition) is 2. The first-order valence-electron chi connectivity index (χ1n) is 10.1. The van der Waals surface area contributed by atoms with Gasteiger partial charge in [-0.2, -0.15) is 0 Å². The maximum atomic E-state index is 13.8. The number of halogens is 3. The van der Waals surface area contributed by atoms with Gasteiger partial charge in [0.1, 0.15) is 17.2 Å². The molecular formula is C21H24BrF2N7O2. The topological polar surface area (TPSA) is 107 Å². The van der Waals surface area contributed by atoms with Crippen molar-refractivity contribution in [2.24, 2.45) is 0 Å². The van der Waals surface area contributed by atoms with Crippen LogP contribution in [-0.2, 0) is 17.7 Å². The van der Waals surface area contributed by atoms with Crippen molar-refractivity contribution in [3.8, 4) is 0 Å². The molecule has 3 aromatic rings. The summed E-state index contributed by atoms with van der Waals surface area (Å²) in [7, 11) is 0. The summed E-state index contributed by atoms with van der Waals surface area (Å²) in [6.07, 6.45) is 4.23. The largest absolute Gasteiger partial charge is 0.444 e. The number of amides is 1. The summed E-state index contributed by atoms with van der Waals surface area (Å²) >= 11 is 3.41. The highest BCUT2D eigenvalue weighted by molar-refractivity contribution is 9.10. The molecule has 0 aliphatic heterocycles. The van der Waals surface area contributed by atoms with E-state index in [0.29, 0.717) is 34.8 Å². The first-order valence-corrected chi connectivity index (χ1v) is 10.9. The fourth-order valence-corrected chi connectivity index (χ4v) is 3.44. The van der Waals surface area contributed by atoms with Crippen LogP contribution in [-0.4, -0.2) is 43.2 Å². The van der Waals surface area contributed by atoms with Crippen molar-refractivity contribution in [1.82, 2.24) is 30.3 Å². The molecule has 9 nitrogen and oxygen atoms in total. The van der Waals surface area contributed by atoms with Crippen molar-refractivity contribution in [3.05, 3.63) is 64.2 Å². The van der Waals surface area contributed by atoms with Crippen LogP contribution >= 0.6 is 15.9 Å². The Morgan fingerprint density at radius 3 is 2.61 bits per heavy atom. The SMILES string of the molecule is CC(C)(C)OC(=O)N[C@@H](Cc1cc(F)cc(F)c1)c1nc(NCCn2ccnn2)ncc1Br. The zero-order valence-electron chi connectivity index (χ0n) is 18.3. The molecule has 2 N–H and O–H groups in total. The maximum Gasteiger partial charge on any atom is 0.408 e. The van der Waals surface area contributed by atoms with E-state index >= 15 is 0 Å². The number of hydrogen-bond acceptors (Lipinski definition) is 7. The minimum atomic E-state index is -0.755. The molecule has 0 saturated heterocycles. The first kappa shape index (κ1) is 24.5. The molecule has 0 saturated carbocycles. The second kappa shape index (κ2) is 10.6. The van der Waals surface area contributed by atoms with Gasteiger partial charge in [-0.1, -0.05) is 5.21 Å². The van der Waals surface area contributed by atoms with Crippen LogP contribution in [0.2, 0.25) is 0 Å². The van der Waals surface area contributed by atoms with Crippen molar-refractivity contribution in [1.29, 1.82) is 0 Å². The van der Waals surface area contributed by atoms with Gasteiger partial charge in [-0.25, -0.2) is 23.5 Å². The lowest BCUT2D eigenvalue weighted by Gasteiger charge is -2.24. The van der Waals surface area contributed by atoms with Crippen LogP contribution in [0.1, 0.15) is 38.1 Å². The summed E-state index contributed by atoms with van der Waals surface area (Å²) in [6.45, 7) is 6.23. The predicted octanol–water partition coefficient (Wildman–Crippen LogP) is 4.03. The summed E-state index contributed by atoms with van der Waals surface area (Å²) in [4.78, 5) is 21.2. The molecule has 12 heteroatoms. The Morgan fingerprint density at radius 2 is 1.97 bits per heavy atom. The number of carbonyl (C=O) groups excluding carboxylic acids is 1. The Bertz CT molecular complexity index is 1070. The lowest BCUT2D eigenvalue weighted by Crippen LogP contribution is -2.36. The second-order valence-corrected chi connectivity index (χ2v) is 9.05. The van der Waals surface area contributed by atoms with Crippen LogP contribution < -0.4 is 10.6 Å². The number of aromatic nitrogens is 5. The molecule has 2 heterocycles. The number of ether oxygens (including phenoxy) is 1. The normalized spacial score (nSPS) is 12.3. The van der Waals surface area contributed by atoms with Gasteiger partial charge < -0.3 is 15.4 Å². The molecule has 176 valence electrons. The van der Waals surface area contributed by atoms with Gasteiger partial charge in [-0.05, 0) is 60.8 Å². The highest BCUT2D eigenvalue weighted by atomic mass is 79.9. The van der Waals surface area contributed by atoms with Crippen molar-refractivity contribution in [2.75, 3.05) is 11.9 Å². The van der Waals surface area contributed by atoms with Crippen LogP contribution in [0.3, 0.4) is 0 Å². The zero-order chi connectivity index (χ0) is 24.0. The van der Waals surface area contributed by atoms with Gasteiger partial charge in [0.25, 0.3) is 0 Å². The molecule has 1 amide bonds. The van der Waals surface area contributed by atoms with E-state index in [-0.39, 0.29) is 6.42 Å². The molecule has 0 radical (unpaired) electrons. The van der Waals surface area contributed by atoms with Crippen molar-refractivity contribution in [3.63, 3.8) is 0 Å². The molecule has 3 rings (SSSR count). The molecule has 0 aliphatic carbocycles. The van der Waals surface area contributed by atoms with E-state index in [4.69, 9.17) is 4.74 Å². The fraction of sp³-hybridized carbons (Fsp3) is 0.381. The van der Waals surface area contributed by atoms with E-state index in [1.165, 1.54) is 18.3 Å². The Morgan fingerprint density at radius 1 is 1.24 bits per heavy atom. The molecule has 0 spiro atoms. The van der Waals surface area contributed by atoms with Crippen LogP contribution in [0.5, 0.6) is 0 Å². The molecule has 1 aromatic carbocycles. The Kier molecular flexibility index (Phi) is 7.90. The highest BCUT2D eigenvalue weighted by Gasteiger charge is 2.24. The lowest BCUT2D eigenvalue weighted by atomic mass is 10.0. The summed E-state index contributed by atoms with van der Waals surface area (Å²) in [6, 6.07) is 2.45. The van der Waals surface area contributed by atoms with E-state index < -0.39 is 29.4 Å². The molecule has 0 unspecified atom stereocenters. The lowest BCUT2D eigenvalue weighted by molar-refractivity contribution is 0.0502. The van der Waals surface area contributed by atoms with Crippen molar-refractivity contribution in [2.45, 2.75) is 45.4 Å². The minimum Gasteiger partial charge on any atom is -0.444 e. The fourth-order valence-electron chi connectivity index (χ4n) is 2.97. The summed E-state index contributed by atoms with van der Waals surface area (Å²) in [5, 5.41) is 13.5. The predicted molar refractivity (Wildman–Crippen MR) is 120 cm³/mol. The van der Waals surface area contributed by atoms with E-state index in [2.05, 4.69) is 46.8 Å². The van der Waals surface area contributed by atoms with Gasteiger partial charge >= 0.3 is 6.09 Å². The third-order valence-electron chi connectivity index (χ3n) is 4.25. The average Bonchev–Trinajstić information content (AvgIpc) is 3.20. The maximum absolute atomic E-state index is 13.8. The molecule has 1 atom stereocenters. The van der Waals surface area contributed by atoms with Crippen molar-refractivity contribution >= 4 is 28.0 Å². The number of anilines is 1. The Balaban J connectivity index is 1.83. The van der Waals surface area contributed by atoms with Gasteiger partial charge in [0, 0.05) is 25.0 Å². The highest BCUT2D eigenvalue weighted by Crippen LogP contribution is 2.26. The molecule has 0 fully saturated rings. The van der Waals surface area contributed by atoms with E-state index in [1.54, 1.807) is 37.8 Å². The Labute approximate surface area is 198 Å². The van der Waals surface area contributed by atoms with E-state index in [9.17, 15) is 13.6 Å². The Hall–Kier alpha value is -3.15. The summed E-state index contributed by atoms with van der Waals surface area (Å²) in [5.74, 6) is -1.11. The standard InChI is InChI=1S/C21H24BrF2N7O2/c1-21(2,3)33-20(32)28-17(10-13-8-14(23)11-15(24)9-13)18-16(22)12-26-19(29-18)25-4-6-31-7-5-27-30-31/h5,7-9,11-12,17H,4,6,10H2,1-3H3,(H,28,32)(H,25,26,29)/t17-/m0/s1. The van der Waals surface area contributed by atoms with Gasteiger partial charge in [0.2, 0.25) is 5.95 Å². The first-order chi connectivity index (χ1) is 15.6. The number of alkyl carbamates (subject to hydrolysis) is 1. The van der Waals surface area contributed by atoms with Crippen LogP contribution in [0, 0.1) is 11.6 Å². The molecule has 2 aromatic heterocycles. The monoisotopic (exact) mass is 523 g/mol. The quantitative estimate of drug-likeness (QED) is 0.458. The van der Waals surface area contributed by atoms with E-state index in [1.807, 2.05) is 0 Å². The van der Waals surface area contributed by atoms with Crippen LogP contribution in [0.15, 0.2) is 41.3 Å². The third kappa shape index (κ3) is 7.74. The molecule has 0 aliphatic rings. The smallest absolute Gasteiger partial charge is 0.408 e. The van der Waals surface area contributed by atoms with Gasteiger partial charge in [-0.3, -0.25) is 4.68 Å². The van der Waals surface area contributed by atoms with Crippen LogP contribution in [0.25, 0.3) is 0 Å².